The van der Waals surface area contributed by atoms with E-state index in [4.69, 9.17) is 20.4 Å². The highest BCUT2D eigenvalue weighted by Gasteiger charge is 2.16. The van der Waals surface area contributed by atoms with Crippen molar-refractivity contribution in [3.63, 3.8) is 0 Å². The minimum Gasteiger partial charge on any atom is -0.472 e. The topological polar surface area (TPSA) is 90.0 Å². The lowest BCUT2D eigenvalue weighted by Gasteiger charge is -2.17. The maximum Gasteiger partial charge on any atom is 0.225 e. The van der Waals surface area contributed by atoms with Gasteiger partial charge in [0.1, 0.15) is 6.10 Å². The van der Waals surface area contributed by atoms with E-state index in [-0.39, 0.29) is 11.9 Å². The molecule has 0 aromatic carbocycles. The van der Waals surface area contributed by atoms with E-state index >= 15 is 0 Å². The molecule has 1 atom stereocenters. The van der Waals surface area contributed by atoms with Crippen LogP contribution in [0.5, 0.6) is 5.88 Å². The van der Waals surface area contributed by atoms with E-state index in [1.165, 1.54) is 0 Å². The van der Waals surface area contributed by atoms with Gasteiger partial charge in [-0.05, 0) is 39.3 Å². The summed E-state index contributed by atoms with van der Waals surface area (Å²) in [6, 6.07) is 1.85. The molecule has 0 saturated heterocycles. The Bertz CT molecular complexity index is 461. The standard InChI is InChI=1S/C13H21N3O3/c1-5-18-7-10(4)19-13-11(12(14)16-17)8(2)6-9(3)15-13/h6,10,17H,5,7H2,1-4H3,(H2,14,16). The van der Waals surface area contributed by atoms with Crippen LogP contribution in [0.3, 0.4) is 0 Å². The van der Waals surface area contributed by atoms with Gasteiger partial charge in [-0.1, -0.05) is 5.16 Å². The Labute approximate surface area is 113 Å². The van der Waals surface area contributed by atoms with Crippen LogP contribution in [-0.2, 0) is 4.74 Å². The number of ether oxygens (including phenoxy) is 2. The lowest BCUT2D eigenvalue weighted by atomic mass is 10.1. The second-order valence-electron chi connectivity index (χ2n) is 4.33. The van der Waals surface area contributed by atoms with Crippen molar-refractivity contribution in [3.05, 3.63) is 22.9 Å². The number of amidine groups is 1. The molecular formula is C13H21N3O3. The highest BCUT2D eigenvalue weighted by atomic mass is 16.5. The quantitative estimate of drug-likeness (QED) is 0.353. The maximum absolute atomic E-state index is 8.84. The van der Waals surface area contributed by atoms with Gasteiger partial charge in [-0.15, -0.1) is 0 Å². The number of pyridine rings is 1. The molecule has 0 fully saturated rings. The lowest BCUT2D eigenvalue weighted by molar-refractivity contribution is 0.0631. The third kappa shape index (κ3) is 4.10. The number of aromatic nitrogens is 1. The number of hydrogen-bond donors (Lipinski definition) is 2. The molecule has 19 heavy (non-hydrogen) atoms. The molecule has 1 unspecified atom stereocenters. The number of aryl methyl sites for hydroxylation is 2. The monoisotopic (exact) mass is 267 g/mol. The lowest BCUT2D eigenvalue weighted by Crippen LogP contribution is -2.24. The molecule has 0 bridgehead atoms. The second kappa shape index (κ2) is 6.94. The van der Waals surface area contributed by atoms with E-state index in [0.29, 0.717) is 24.7 Å². The Morgan fingerprint density at radius 1 is 1.53 bits per heavy atom. The molecule has 0 aliphatic heterocycles. The van der Waals surface area contributed by atoms with Crippen LogP contribution in [0.1, 0.15) is 30.7 Å². The van der Waals surface area contributed by atoms with E-state index < -0.39 is 0 Å². The van der Waals surface area contributed by atoms with E-state index in [0.717, 1.165) is 11.3 Å². The highest BCUT2D eigenvalue weighted by Crippen LogP contribution is 2.21. The SMILES string of the molecule is CCOCC(C)Oc1nc(C)cc(C)c1/C(N)=N/O. The molecule has 0 radical (unpaired) electrons. The van der Waals surface area contributed by atoms with E-state index in [2.05, 4.69) is 10.1 Å². The number of nitrogens with two attached hydrogens (primary N) is 1. The van der Waals surface area contributed by atoms with Gasteiger partial charge in [0.15, 0.2) is 5.84 Å². The van der Waals surface area contributed by atoms with Crippen molar-refractivity contribution in [1.29, 1.82) is 0 Å². The average Bonchev–Trinajstić information content (AvgIpc) is 2.35. The van der Waals surface area contributed by atoms with Gasteiger partial charge in [0.05, 0.1) is 12.2 Å². The summed E-state index contributed by atoms with van der Waals surface area (Å²) in [5.74, 6) is 0.351. The molecule has 6 nitrogen and oxygen atoms in total. The fraction of sp³-hybridized carbons (Fsp3) is 0.538. The first-order chi connectivity index (χ1) is 8.99. The van der Waals surface area contributed by atoms with Gasteiger partial charge < -0.3 is 20.4 Å². The van der Waals surface area contributed by atoms with E-state index in [9.17, 15) is 0 Å². The molecule has 0 aliphatic rings. The maximum atomic E-state index is 8.84. The minimum absolute atomic E-state index is 0.0105. The summed E-state index contributed by atoms with van der Waals surface area (Å²) in [6.45, 7) is 8.61. The van der Waals surface area contributed by atoms with Crippen LogP contribution in [0.25, 0.3) is 0 Å². The van der Waals surface area contributed by atoms with Crippen LogP contribution < -0.4 is 10.5 Å². The van der Waals surface area contributed by atoms with Crippen molar-refractivity contribution in [2.45, 2.75) is 33.8 Å². The van der Waals surface area contributed by atoms with Gasteiger partial charge in [-0.3, -0.25) is 0 Å². The Hall–Kier alpha value is -1.82. The number of oxime groups is 1. The average molecular weight is 267 g/mol. The van der Waals surface area contributed by atoms with E-state index in [1.807, 2.05) is 33.8 Å². The summed E-state index contributed by atoms with van der Waals surface area (Å²) >= 11 is 0. The summed E-state index contributed by atoms with van der Waals surface area (Å²) in [5.41, 5.74) is 7.84. The van der Waals surface area contributed by atoms with Crippen LogP contribution in [0, 0.1) is 13.8 Å². The van der Waals surface area contributed by atoms with Gasteiger partial charge in [-0.2, -0.15) is 0 Å². The van der Waals surface area contributed by atoms with Crippen molar-refractivity contribution in [3.8, 4) is 5.88 Å². The van der Waals surface area contributed by atoms with Crippen LogP contribution in [0.2, 0.25) is 0 Å². The first kappa shape index (κ1) is 15.2. The van der Waals surface area contributed by atoms with Crippen molar-refractivity contribution < 1.29 is 14.7 Å². The summed E-state index contributed by atoms with van der Waals surface area (Å²) in [6.07, 6.45) is -0.168. The van der Waals surface area contributed by atoms with Crippen molar-refractivity contribution in [1.82, 2.24) is 4.98 Å². The van der Waals surface area contributed by atoms with Crippen molar-refractivity contribution in [2.75, 3.05) is 13.2 Å². The molecular weight excluding hydrogens is 246 g/mol. The number of hydrogen-bond acceptors (Lipinski definition) is 5. The normalized spacial score (nSPS) is 13.4. The third-order valence-electron chi connectivity index (χ3n) is 2.54. The number of rotatable bonds is 6. The molecule has 1 aromatic rings. The molecule has 0 spiro atoms. The predicted molar refractivity (Wildman–Crippen MR) is 72.8 cm³/mol. The zero-order chi connectivity index (χ0) is 14.4. The predicted octanol–water partition coefficient (Wildman–Crippen LogP) is 1.60. The van der Waals surface area contributed by atoms with Gasteiger partial charge in [0.2, 0.25) is 5.88 Å². The first-order valence-corrected chi connectivity index (χ1v) is 6.20. The van der Waals surface area contributed by atoms with Crippen LogP contribution in [-0.4, -0.2) is 35.3 Å². The zero-order valence-corrected chi connectivity index (χ0v) is 11.8. The summed E-state index contributed by atoms with van der Waals surface area (Å²) in [4.78, 5) is 4.30. The van der Waals surface area contributed by atoms with Crippen molar-refractivity contribution >= 4 is 5.84 Å². The zero-order valence-electron chi connectivity index (χ0n) is 11.8. The fourth-order valence-electron chi connectivity index (χ4n) is 1.76. The van der Waals surface area contributed by atoms with E-state index in [1.54, 1.807) is 0 Å². The second-order valence-corrected chi connectivity index (χ2v) is 4.33. The molecule has 3 N–H and O–H groups in total. The van der Waals surface area contributed by atoms with Crippen LogP contribution in [0.4, 0.5) is 0 Å². The van der Waals surface area contributed by atoms with Gasteiger partial charge in [0.25, 0.3) is 0 Å². The summed E-state index contributed by atoms with van der Waals surface area (Å²) in [5, 5.41) is 11.9. The minimum atomic E-state index is -0.168. The third-order valence-corrected chi connectivity index (χ3v) is 2.54. The number of nitrogens with zero attached hydrogens (tertiary/aromatic N) is 2. The Morgan fingerprint density at radius 2 is 2.21 bits per heavy atom. The molecule has 0 amide bonds. The summed E-state index contributed by atoms with van der Waals surface area (Å²) < 4.78 is 11.0. The molecule has 0 saturated carbocycles. The Morgan fingerprint density at radius 3 is 2.79 bits per heavy atom. The Kier molecular flexibility index (Phi) is 5.57. The highest BCUT2D eigenvalue weighted by molar-refractivity contribution is 6.00. The fourth-order valence-corrected chi connectivity index (χ4v) is 1.76. The first-order valence-electron chi connectivity index (χ1n) is 6.20. The molecule has 6 heteroatoms. The van der Waals surface area contributed by atoms with Crippen LogP contribution in [0.15, 0.2) is 11.2 Å². The summed E-state index contributed by atoms with van der Waals surface area (Å²) in [7, 11) is 0. The van der Waals surface area contributed by atoms with Crippen LogP contribution >= 0.6 is 0 Å². The van der Waals surface area contributed by atoms with Gasteiger partial charge in [-0.25, -0.2) is 4.98 Å². The van der Waals surface area contributed by atoms with Gasteiger partial charge in [0, 0.05) is 12.3 Å². The smallest absolute Gasteiger partial charge is 0.225 e. The van der Waals surface area contributed by atoms with Gasteiger partial charge >= 0.3 is 0 Å². The Balaban J connectivity index is 3.04. The molecule has 0 aliphatic carbocycles. The molecule has 1 aromatic heterocycles. The molecule has 106 valence electrons. The molecule has 1 heterocycles. The largest absolute Gasteiger partial charge is 0.472 e. The van der Waals surface area contributed by atoms with Crippen molar-refractivity contribution in [2.24, 2.45) is 10.9 Å². The molecule has 1 rings (SSSR count).